The maximum Gasteiger partial charge on any atom is 0.115 e. The Morgan fingerprint density at radius 2 is 1.95 bits per heavy atom. The molecule has 0 amide bonds. The Labute approximate surface area is 122 Å². The zero-order valence-corrected chi connectivity index (χ0v) is 12.6. The standard InChI is InChI=1S/C18H27NO/c1-15(7-8-17-9-11-18(20)12-10-17)19-14-13-16-5-3-2-4-6-16/h5,9-12,15,19-20H,2-4,6-8,13-14H2,1H3. The van der Waals surface area contributed by atoms with E-state index in [1.165, 1.54) is 37.7 Å². The molecule has 2 heteroatoms. The third-order valence-electron chi connectivity index (χ3n) is 4.13. The lowest BCUT2D eigenvalue weighted by Gasteiger charge is -2.16. The highest BCUT2D eigenvalue weighted by Gasteiger charge is 2.05. The first-order valence-electron chi connectivity index (χ1n) is 7.93. The van der Waals surface area contributed by atoms with Gasteiger partial charge in [0.25, 0.3) is 0 Å². The molecule has 2 N–H and O–H groups in total. The van der Waals surface area contributed by atoms with E-state index in [0.717, 1.165) is 19.4 Å². The summed E-state index contributed by atoms with van der Waals surface area (Å²) >= 11 is 0. The highest BCUT2D eigenvalue weighted by Crippen LogP contribution is 2.19. The molecule has 110 valence electrons. The van der Waals surface area contributed by atoms with Crippen LogP contribution in [0.4, 0.5) is 0 Å². The molecule has 0 aliphatic heterocycles. The van der Waals surface area contributed by atoms with E-state index >= 15 is 0 Å². The zero-order valence-electron chi connectivity index (χ0n) is 12.6. The van der Waals surface area contributed by atoms with Crippen LogP contribution in [0.2, 0.25) is 0 Å². The molecule has 1 aliphatic rings. The van der Waals surface area contributed by atoms with Gasteiger partial charge in [0, 0.05) is 6.04 Å². The number of aromatic hydroxyl groups is 1. The van der Waals surface area contributed by atoms with Crippen LogP contribution >= 0.6 is 0 Å². The molecule has 0 fully saturated rings. The van der Waals surface area contributed by atoms with Crippen molar-refractivity contribution in [3.05, 3.63) is 41.5 Å². The van der Waals surface area contributed by atoms with Crippen molar-refractivity contribution in [3.8, 4) is 5.75 Å². The molecule has 0 saturated heterocycles. The first-order valence-corrected chi connectivity index (χ1v) is 7.93. The van der Waals surface area contributed by atoms with Gasteiger partial charge in [0.05, 0.1) is 0 Å². The topological polar surface area (TPSA) is 32.3 Å². The van der Waals surface area contributed by atoms with Crippen LogP contribution in [0.15, 0.2) is 35.9 Å². The minimum atomic E-state index is 0.348. The van der Waals surface area contributed by atoms with Gasteiger partial charge in [0.15, 0.2) is 0 Å². The minimum absolute atomic E-state index is 0.348. The Morgan fingerprint density at radius 3 is 2.65 bits per heavy atom. The van der Waals surface area contributed by atoms with Crippen LogP contribution in [0.1, 0.15) is 51.0 Å². The summed E-state index contributed by atoms with van der Waals surface area (Å²) < 4.78 is 0. The number of hydrogen-bond acceptors (Lipinski definition) is 2. The Bertz CT molecular complexity index is 422. The molecule has 1 aromatic carbocycles. The van der Waals surface area contributed by atoms with Crippen molar-refractivity contribution in [2.24, 2.45) is 0 Å². The Balaban J connectivity index is 1.61. The first-order chi connectivity index (χ1) is 9.74. The van der Waals surface area contributed by atoms with E-state index in [-0.39, 0.29) is 0 Å². The predicted octanol–water partition coefficient (Wildman–Crippen LogP) is 4.19. The molecule has 0 bridgehead atoms. The van der Waals surface area contributed by atoms with Crippen LogP contribution in [-0.2, 0) is 6.42 Å². The summed E-state index contributed by atoms with van der Waals surface area (Å²) in [4.78, 5) is 0. The third kappa shape index (κ3) is 5.38. The fourth-order valence-corrected chi connectivity index (χ4v) is 2.76. The summed E-state index contributed by atoms with van der Waals surface area (Å²) in [7, 11) is 0. The van der Waals surface area contributed by atoms with Gasteiger partial charge in [-0.2, -0.15) is 0 Å². The molecular weight excluding hydrogens is 246 g/mol. The molecule has 0 saturated carbocycles. The van der Waals surface area contributed by atoms with E-state index in [1.54, 1.807) is 17.7 Å². The van der Waals surface area contributed by atoms with Crippen molar-refractivity contribution in [3.63, 3.8) is 0 Å². The fourth-order valence-electron chi connectivity index (χ4n) is 2.76. The number of rotatable bonds is 7. The van der Waals surface area contributed by atoms with E-state index in [2.05, 4.69) is 18.3 Å². The zero-order chi connectivity index (χ0) is 14.2. The van der Waals surface area contributed by atoms with E-state index in [4.69, 9.17) is 0 Å². The maximum atomic E-state index is 9.26. The van der Waals surface area contributed by atoms with Crippen LogP contribution in [0.5, 0.6) is 5.75 Å². The highest BCUT2D eigenvalue weighted by atomic mass is 16.3. The van der Waals surface area contributed by atoms with Gasteiger partial charge in [0.1, 0.15) is 5.75 Å². The molecule has 1 atom stereocenters. The quantitative estimate of drug-likeness (QED) is 0.730. The van der Waals surface area contributed by atoms with Gasteiger partial charge in [-0.15, -0.1) is 0 Å². The van der Waals surface area contributed by atoms with E-state index < -0.39 is 0 Å². The average Bonchev–Trinajstić information content (AvgIpc) is 2.48. The summed E-state index contributed by atoms with van der Waals surface area (Å²) in [5.74, 6) is 0.348. The number of aryl methyl sites for hydroxylation is 1. The van der Waals surface area contributed by atoms with Crippen molar-refractivity contribution >= 4 is 0 Å². The number of nitrogens with one attached hydrogen (secondary N) is 1. The second-order valence-electron chi connectivity index (χ2n) is 5.92. The van der Waals surface area contributed by atoms with Gasteiger partial charge < -0.3 is 10.4 Å². The summed E-state index contributed by atoms with van der Waals surface area (Å²) in [5, 5.41) is 12.9. The van der Waals surface area contributed by atoms with Crippen molar-refractivity contribution in [2.75, 3.05) is 6.54 Å². The lowest BCUT2D eigenvalue weighted by Crippen LogP contribution is -2.27. The summed E-state index contributed by atoms with van der Waals surface area (Å²) in [6, 6.07) is 8.10. The van der Waals surface area contributed by atoms with Gasteiger partial charge in [-0.05, 0) is 76.1 Å². The molecule has 0 radical (unpaired) electrons. The van der Waals surface area contributed by atoms with Crippen LogP contribution in [0.25, 0.3) is 0 Å². The van der Waals surface area contributed by atoms with Crippen molar-refractivity contribution in [2.45, 2.75) is 57.9 Å². The van der Waals surface area contributed by atoms with Gasteiger partial charge in [-0.1, -0.05) is 23.8 Å². The summed E-state index contributed by atoms with van der Waals surface area (Å²) in [5.41, 5.74) is 2.95. The Kier molecular flexibility index (Phi) is 6.13. The van der Waals surface area contributed by atoms with Crippen LogP contribution in [0.3, 0.4) is 0 Å². The van der Waals surface area contributed by atoms with Gasteiger partial charge >= 0.3 is 0 Å². The second-order valence-corrected chi connectivity index (χ2v) is 5.92. The molecule has 1 aliphatic carbocycles. The molecule has 0 aromatic heterocycles. The largest absolute Gasteiger partial charge is 0.508 e. The smallest absolute Gasteiger partial charge is 0.115 e. The van der Waals surface area contributed by atoms with E-state index in [9.17, 15) is 5.11 Å². The molecule has 20 heavy (non-hydrogen) atoms. The Hall–Kier alpha value is -1.28. The number of phenols is 1. The lowest BCUT2D eigenvalue weighted by molar-refractivity contribution is 0.474. The SMILES string of the molecule is CC(CCc1ccc(O)cc1)NCCC1=CCCCC1. The fraction of sp³-hybridized carbons (Fsp3) is 0.556. The van der Waals surface area contributed by atoms with Gasteiger partial charge in [0.2, 0.25) is 0 Å². The maximum absolute atomic E-state index is 9.26. The van der Waals surface area contributed by atoms with Crippen molar-refractivity contribution < 1.29 is 5.11 Å². The predicted molar refractivity (Wildman–Crippen MR) is 85.1 cm³/mol. The van der Waals surface area contributed by atoms with Gasteiger partial charge in [-0.3, -0.25) is 0 Å². The van der Waals surface area contributed by atoms with Crippen LogP contribution < -0.4 is 5.32 Å². The third-order valence-corrected chi connectivity index (χ3v) is 4.13. The van der Waals surface area contributed by atoms with Gasteiger partial charge in [-0.25, -0.2) is 0 Å². The number of hydrogen-bond donors (Lipinski definition) is 2. The number of allylic oxidation sites excluding steroid dienone is 1. The first kappa shape index (κ1) is 15.1. The van der Waals surface area contributed by atoms with Crippen molar-refractivity contribution in [1.29, 1.82) is 0 Å². The second kappa shape index (κ2) is 8.11. The minimum Gasteiger partial charge on any atom is -0.508 e. The van der Waals surface area contributed by atoms with E-state index in [0.29, 0.717) is 11.8 Å². The highest BCUT2D eigenvalue weighted by molar-refractivity contribution is 5.25. The monoisotopic (exact) mass is 273 g/mol. The Morgan fingerprint density at radius 1 is 1.15 bits per heavy atom. The molecule has 2 rings (SSSR count). The normalized spacial score (nSPS) is 16.8. The number of phenolic OH excluding ortho intramolecular Hbond substituents is 1. The molecule has 0 spiro atoms. The molecular formula is C18H27NO. The molecule has 0 heterocycles. The van der Waals surface area contributed by atoms with Crippen molar-refractivity contribution in [1.82, 2.24) is 5.32 Å². The van der Waals surface area contributed by atoms with E-state index in [1.807, 2.05) is 12.1 Å². The average molecular weight is 273 g/mol. The van der Waals surface area contributed by atoms with Crippen LogP contribution in [-0.4, -0.2) is 17.7 Å². The summed E-state index contributed by atoms with van der Waals surface area (Å²) in [6.45, 7) is 3.36. The number of benzene rings is 1. The molecule has 1 aromatic rings. The van der Waals surface area contributed by atoms with Crippen LogP contribution in [0, 0.1) is 0 Å². The molecule has 2 nitrogen and oxygen atoms in total. The lowest BCUT2D eigenvalue weighted by atomic mass is 9.97. The molecule has 1 unspecified atom stereocenters. The summed E-state index contributed by atoms with van der Waals surface area (Å²) in [6.07, 6.45) is 11.2.